The van der Waals surface area contributed by atoms with Gasteiger partial charge in [0.2, 0.25) is 0 Å². The van der Waals surface area contributed by atoms with Crippen molar-refractivity contribution in [2.24, 2.45) is 12.0 Å². The van der Waals surface area contributed by atoms with Crippen molar-refractivity contribution in [1.82, 2.24) is 20.1 Å². The number of aliphatic imine (C=N–C) groups is 1. The van der Waals surface area contributed by atoms with E-state index in [4.69, 9.17) is 9.73 Å². The number of nitrogens with zero attached hydrogens (tertiary/aromatic N) is 5. The van der Waals surface area contributed by atoms with Gasteiger partial charge in [0, 0.05) is 24.7 Å². The van der Waals surface area contributed by atoms with Crippen LogP contribution >= 0.6 is 0 Å². The summed E-state index contributed by atoms with van der Waals surface area (Å²) in [5.41, 5.74) is 4.12. The molecule has 1 aromatic heterocycles. The van der Waals surface area contributed by atoms with E-state index in [9.17, 15) is 0 Å². The number of methoxy groups -OCH3 is 1. The number of ether oxygens (including phenoxy) is 1. The first-order valence-electron chi connectivity index (χ1n) is 11.7. The van der Waals surface area contributed by atoms with E-state index in [1.165, 1.54) is 36.9 Å². The fraction of sp³-hybridized carbons (Fsp3) is 0.423. The van der Waals surface area contributed by atoms with Crippen LogP contribution in [0.3, 0.4) is 0 Å². The summed E-state index contributed by atoms with van der Waals surface area (Å²) in [6.07, 6.45) is 5.09. The normalized spacial score (nSPS) is 16.9. The minimum absolute atomic E-state index is 0.237. The molecule has 0 saturated heterocycles. The van der Waals surface area contributed by atoms with E-state index in [0.29, 0.717) is 13.1 Å². The first-order valence-corrected chi connectivity index (χ1v) is 11.7. The van der Waals surface area contributed by atoms with E-state index in [-0.39, 0.29) is 5.41 Å². The van der Waals surface area contributed by atoms with Crippen LogP contribution in [0.25, 0.3) is 0 Å². The SMILES string of the molecule is COc1ccc(CN=C(NCc2nnc(C)n2C)N2CC3(CCCC3)c3ccccc32)cc1. The maximum Gasteiger partial charge on any atom is 0.199 e. The van der Waals surface area contributed by atoms with Crippen LogP contribution in [0.1, 0.15) is 48.5 Å². The van der Waals surface area contributed by atoms with Gasteiger partial charge in [0.1, 0.15) is 11.6 Å². The predicted octanol–water partition coefficient (Wildman–Crippen LogP) is 4.11. The highest BCUT2D eigenvalue weighted by Gasteiger charge is 2.45. The van der Waals surface area contributed by atoms with Gasteiger partial charge in [-0.2, -0.15) is 0 Å². The lowest BCUT2D eigenvalue weighted by molar-refractivity contribution is 0.414. The molecule has 1 fully saturated rings. The summed E-state index contributed by atoms with van der Waals surface area (Å²) in [7, 11) is 3.69. The lowest BCUT2D eigenvalue weighted by Gasteiger charge is -2.27. The van der Waals surface area contributed by atoms with E-state index in [2.05, 4.69) is 56.8 Å². The van der Waals surface area contributed by atoms with Crippen LogP contribution in [0, 0.1) is 6.92 Å². The lowest BCUT2D eigenvalue weighted by Crippen LogP contribution is -2.43. The molecule has 1 aliphatic heterocycles. The second-order valence-corrected chi connectivity index (χ2v) is 9.15. The Morgan fingerprint density at radius 2 is 1.85 bits per heavy atom. The van der Waals surface area contributed by atoms with Gasteiger partial charge in [0.25, 0.3) is 0 Å². The molecule has 33 heavy (non-hydrogen) atoms. The molecule has 7 heteroatoms. The van der Waals surface area contributed by atoms with Crippen molar-refractivity contribution in [3.63, 3.8) is 0 Å². The van der Waals surface area contributed by atoms with Crippen molar-refractivity contribution >= 4 is 11.6 Å². The average Bonchev–Trinajstić information content (AvgIpc) is 3.54. The number of aryl methyl sites for hydroxylation is 1. The van der Waals surface area contributed by atoms with E-state index in [1.54, 1.807) is 7.11 Å². The Morgan fingerprint density at radius 3 is 2.55 bits per heavy atom. The van der Waals surface area contributed by atoms with Gasteiger partial charge in [-0.05, 0) is 49.1 Å². The summed E-state index contributed by atoms with van der Waals surface area (Å²) < 4.78 is 7.32. The zero-order valence-corrected chi connectivity index (χ0v) is 19.7. The van der Waals surface area contributed by atoms with E-state index < -0.39 is 0 Å². The molecule has 0 unspecified atom stereocenters. The first kappa shape index (κ1) is 21.5. The van der Waals surface area contributed by atoms with Crippen LogP contribution in [-0.4, -0.2) is 34.4 Å². The molecule has 1 aliphatic carbocycles. The Bertz CT molecular complexity index is 1140. The van der Waals surface area contributed by atoms with Crippen LogP contribution in [0.4, 0.5) is 5.69 Å². The first-order chi connectivity index (χ1) is 16.1. The van der Waals surface area contributed by atoms with Crippen molar-refractivity contribution < 1.29 is 4.74 Å². The molecular weight excluding hydrogens is 412 g/mol. The van der Waals surface area contributed by atoms with Gasteiger partial charge < -0.3 is 19.5 Å². The highest BCUT2D eigenvalue weighted by Crippen LogP contribution is 2.50. The number of nitrogens with one attached hydrogen (secondary N) is 1. The summed E-state index contributed by atoms with van der Waals surface area (Å²) in [5.74, 6) is 3.55. The highest BCUT2D eigenvalue weighted by molar-refractivity contribution is 5.98. The second kappa shape index (κ2) is 8.89. The van der Waals surface area contributed by atoms with Gasteiger partial charge in [0.15, 0.2) is 11.8 Å². The molecule has 7 nitrogen and oxygen atoms in total. The van der Waals surface area contributed by atoms with Crippen molar-refractivity contribution in [3.05, 3.63) is 71.3 Å². The molecule has 2 aliphatic rings. The molecule has 0 radical (unpaired) electrons. The van der Waals surface area contributed by atoms with Gasteiger partial charge >= 0.3 is 0 Å². The Hall–Kier alpha value is -3.35. The van der Waals surface area contributed by atoms with Gasteiger partial charge in [0.05, 0.1) is 20.2 Å². The molecule has 2 aromatic carbocycles. The maximum absolute atomic E-state index is 5.30. The summed E-state index contributed by atoms with van der Waals surface area (Å²) in [4.78, 5) is 7.45. The van der Waals surface area contributed by atoms with Gasteiger partial charge in [-0.3, -0.25) is 0 Å². The quantitative estimate of drug-likeness (QED) is 0.474. The minimum Gasteiger partial charge on any atom is -0.497 e. The highest BCUT2D eigenvalue weighted by atomic mass is 16.5. The number of aromatic nitrogens is 3. The zero-order valence-electron chi connectivity index (χ0n) is 19.7. The average molecular weight is 445 g/mol. The van der Waals surface area contributed by atoms with Crippen LogP contribution < -0.4 is 15.0 Å². The van der Waals surface area contributed by atoms with Crippen LogP contribution in [-0.2, 0) is 25.6 Å². The smallest absolute Gasteiger partial charge is 0.199 e. The summed E-state index contributed by atoms with van der Waals surface area (Å²) in [6, 6.07) is 17.0. The Morgan fingerprint density at radius 1 is 1.09 bits per heavy atom. The predicted molar refractivity (Wildman–Crippen MR) is 131 cm³/mol. The Balaban J connectivity index is 1.45. The van der Waals surface area contributed by atoms with Gasteiger partial charge in [-0.1, -0.05) is 43.2 Å². The van der Waals surface area contributed by atoms with E-state index in [1.807, 2.05) is 30.7 Å². The Labute approximate surface area is 195 Å². The third kappa shape index (κ3) is 4.08. The van der Waals surface area contributed by atoms with Gasteiger partial charge in [-0.25, -0.2) is 4.99 Å². The molecule has 2 heterocycles. The monoisotopic (exact) mass is 444 g/mol. The molecule has 1 N–H and O–H groups in total. The van der Waals surface area contributed by atoms with Crippen LogP contribution in [0.15, 0.2) is 53.5 Å². The Kier molecular flexibility index (Phi) is 5.79. The maximum atomic E-state index is 5.30. The molecule has 172 valence electrons. The van der Waals surface area contributed by atoms with Crippen molar-refractivity contribution in [1.29, 1.82) is 0 Å². The molecule has 0 atom stereocenters. The van der Waals surface area contributed by atoms with Crippen molar-refractivity contribution in [3.8, 4) is 5.75 Å². The van der Waals surface area contributed by atoms with Crippen molar-refractivity contribution in [2.75, 3.05) is 18.6 Å². The molecule has 3 aromatic rings. The molecule has 0 amide bonds. The molecule has 0 bridgehead atoms. The number of anilines is 1. The van der Waals surface area contributed by atoms with Gasteiger partial charge in [-0.15, -0.1) is 10.2 Å². The minimum atomic E-state index is 0.237. The summed E-state index contributed by atoms with van der Waals surface area (Å²) in [5, 5.41) is 12.1. The second-order valence-electron chi connectivity index (χ2n) is 9.15. The fourth-order valence-corrected chi connectivity index (χ4v) is 5.20. The third-order valence-corrected chi connectivity index (χ3v) is 7.20. The van der Waals surface area contributed by atoms with Crippen LogP contribution in [0.5, 0.6) is 5.75 Å². The zero-order chi connectivity index (χ0) is 22.8. The number of hydrogen-bond acceptors (Lipinski definition) is 4. The number of rotatable bonds is 5. The number of guanidine groups is 1. The fourth-order valence-electron chi connectivity index (χ4n) is 5.20. The number of hydrogen-bond donors (Lipinski definition) is 1. The largest absolute Gasteiger partial charge is 0.497 e. The lowest BCUT2D eigenvalue weighted by atomic mass is 9.81. The molecule has 1 spiro atoms. The van der Waals surface area contributed by atoms with Crippen LogP contribution in [0.2, 0.25) is 0 Å². The standard InChI is InChI=1S/C26H32N6O/c1-19-29-30-24(31(19)2)17-28-25(27-16-20-10-12-21(33-3)13-11-20)32-18-26(14-6-7-15-26)22-8-4-5-9-23(22)32/h4-5,8-13H,6-7,14-18H2,1-3H3,(H,27,28). The number of fused-ring (bicyclic) bond motifs is 2. The van der Waals surface area contributed by atoms with E-state index >= 15 is 0 Å². The number of para-hydroxylation sites is 1. The van der Waals surface area contributed by atoms with Crippen molar-refractivity contribution in [2.45, 2.75) is 51.1 Å². The molecular formula is C26H32N6O. The summed E-state index contributed by atoms with van der Waals surface area (Å²) >= 11 is 0. The third-order valence-electron chi connectivity index (χ3n) is 7.20. The molecule has 5 rings (SSSR count). The molecule has 1 saturated carbocycles. The summed E-state index contributed by atoms with van der Waals surface area (Å²) in [6.45, 7) is 4.11. The van der Waals surface area contributed by atoms with E-state index in [0.717, 1.165) is 35.5 Å². The number of benzene rings is 2. The topological polar surface area (TPSA) is 67.6 Å².